The third-order valence-electron chi connectivity index (χ3n) is 4.67. The van der Waals surface area contributed by atoms with Crippen molar-refractivity contribution in [3.8, 4) is 0 Å². The molecular formula is C15H27NO2. The van der Waals surface area contributed by atoms with Crippen LogP contribution in [0.1, 0.15) is 58.3 Å². The molecule has 2 aliphatic carbocycles. The molecule has 0 saturated heterocycles. The van der Waals surface area contributed by atoms with Gasteiger partial charge in [-0.05, 0) is 44.4 Å². The summed E-state index contributed by atoms with van der Waals surface area (Å²) in [5, 5.41) is 0. The normalized spacial score (nSPS) is 29.4. The number of hydrogen-bond acceptors (Lipinski definition) is 2. The SMILES string of the molecule is CC1CCC(N(C)C(=O)COC2CCCC2)CC1. The topological polar surface area (TPSA) is 29.5 Å². The molecule has 18 heavy (non-hydrogen) atoms. The summed E-state index contributed by atoms with van der Waals surface area (Å²) in [7, 11) is 1.95. The highest BCUT2D eigenvalue weighted by molar-refractivity contribution is 5.77. The number of rotatable bonds is 4. The first kappa shape index (κ1) is 13.9. The highest BCUT2D eigenvalue weighted by Gasteiger charge is 2.25. The molecule has 0 aromatic carbocycles. The number of nitrogens with zero attached hydrogens (tertiary/aromatic N) is 1. The number of ether oxygens (including phenoxy) is 1. The Kier molecular flexibility index (Phi) is 5.04. The Morgan fingerprint density at radius 2 is 1.72 bits per heavy atom. The van der Waals surface area contributed by atoms with E-state index in [2.05, 4.69) is 6.92 Å². The maximum absolute atomic E-state index is 12.1. The monoisotopic (exact) mass is 253 g/mol. The summed E-state index contributed by atoms with van der Waals surface area (Å²) in [6.45, 7) is 2.59. The van der Waals surface area contributed by atoms with E-state index >= 15 is 0 Å². The van der Waals surface area contributed by atoms with Crippen molar-refractivity contribution in [3.05, 3.63) is 0 Å². The minimum absolute atomic E-state index is 0.168. The maximum Gasteiger partial charge on any atom is 0.248 e. The largest absolute Gasteiger partial charge is 0.368 e. The zero-order valence-electron chi connectivity index (χ0n) is 11.9. The van der Waals surface area contributed by atoms with Crippen LogP contribution in [0.4, 0.5) is 0 Å². The third kappa shape index (κ3) is 3.71. The standard InChI is InChI=1S/C15H27NO2/c1-12-7-9-13(10-8-12)16(2)15(17)11-18-14-5-3-4-6-14/h12-14H,3-11H2,1-2H3. The van der Waals surface area contributed by atoms with Crippen LogP contribution in [-0.4, -0.2) is 36.6 Å². The minimum Gasteiger partial charge on any atom is -0.368 e. The zero-order valence-corrected chi connectivity index (χ0v) is 11.9. The van der Waals surface area contributed by atoms with Crippen molar-refractivity contribution < 1.29 is 9.53 Å². The first-order valence-electron chi connectivity index (χ1n) is 7.54. The van der Waals surface area contributed by atoms with Crippen LogP contribution in [0.25, 0.3) is 0 Å². The van der Waals surface area contributed by atoms with Crippen molar-refractivity contribution in [2.75, 3.05) is 13.7 Å². The van der Waals surface area contributed by atoms with Crippen LogP contribution < -0.4 is 0 Å². The molecule has 0 aliphatic heterocycles. The van der Waals surface area contributed by atoms with Crippen LogP contribution in [-0.2, 0) is 9.53 Å². The Labute approximate surface area is 111 Å². The molecule has 2 fully saturated rings. The van der Waals surface area contributed by atoms with Gasteiger partial charge in [-0.1, -0.05) is 19.8 Å². The van der Waals surface area contributed by atoms with E-state index in [0.29, 0.717) is 12.1 Å². The Hall–Kier alpha value is -0.570. The van der Waals surface area contributed by atoms with Crippen LogP contribution in [0.5, 0.6) is 0 Å². The predicted octanol–water partition coefficient (Wildman–Crippen LogP) is 2.98. The molecule has 0 N–H and O–H groups in total. The van der Waals surface area contributed by atoms with E-state index in [1.807, 2.05) is 11.9 Å². The van der Waals surface area contributed by atoms with Gasteiger partial charge >= 0.3 is 0 Å². The highest BCUT2D eigenvalue weighted by atomic mass is 16.5. The summed E-state index contributed by atoms with van der Waals surface area (Å²) >= 11 is 0. The van der Waals surface area contributed by atoms with E-state index < -0.39 is 0 Å². The van der Waals surface area contributed by atoms with Crippen LogP contribution >= 0.6 is 0 Å². The van der Waals surface area contributed by atoms with Gasteiger partial charge in [0.15, 0.2) is 0 Å². The molecule has 0 bridgehead atoms. The lowest BCUT2D eigenvalue weighted by Crippen LogP contribution is -2.41. The van der Waals surface area contributed by atoms with Gasteiger partial charge in [-0.3, -0.25) is 4.79 Å². The first-order valence-corrected chi connectivity index (χ1v) is 7.54. The quantitative estimate of drug-likeness (QED) is 0.771. The second-order valence-corrected chi connectivity index (χ2v) is 6.14. The van der Waals surface area contributed by atoms with Crippen molar-refractivity contribution >= 4 is 5.91 Å². The third-order valence-corrected chi connectivity index (χ3v) is 4.67. The van der Waals surface area contributed by atoms with Gasteiger partial charge < -0.3 is 9.64 Å². The van der Waals surface area contributed by atoms with Crippen LogP contribution in [0.3, 0.4) is 0 Å². The predicted molar refractivity (Wildman–Crippen MR) is 72.4 cm³/mol. The Morgan fingerprint density at radius 1 is 1.11 bits per heavy atom. The summed E-state index contributed by atoms with van der Waals surface area (Å²) in [6.07, 6.45) is 9.96. The molecule has 0 aromatic rings. The molecule has 0 unspecified atom stereocenters. The lowest BCUT2D eigenvalue weighted by Gasteiger charge is -2.33. The van der Waals surface area contributed by atoms with Gasteiger partial charge in [0.2, 0.25) is 5.91 Å². The van der Waals surface area contributed by atoms with Gasteiger partial charge in [0, 0.05) is 13.1 Å². The van der Waals surface area contributed by atoms with Crippen molar-refractivity contribution in [1.82, 2.24) is 4.90 Å². The van der Waals surface area contributed by atoms with Gasteiger partial charge in [-0.15, -0.1) is 0 Å². The summed E-state index contributed by atoms with van der Waals surface area (Å²) in [5.41, 5.74) is 0. The second-order valence-electron chi connectivity index (χ2n) is 6.14. The minimum atomic E-state index is 0.168. The number of likely N-dealkylation sites (N-methyl/N-ethyl adjacent to an activating group) is 1. The van der Waals surface area contributed by atoms with Gasteiger partial charge in [0.1, 0.15) is 6.61 Å². The van der Waals surface area contributed by atoms with Gasteiger partial charge in [-0.2, -0.15) is 0 Å². The number of carbonyl (C=O) groups is 1. The first-order chi connectivity index (χ1) is 8.66. The smallest absolute Gasteiger partial charge is 0.248 e. The number of amides is 1. The number of carbonyl (C=O) groups excluding carboxylic acids is 1. The molecule has 0 aromatic heterocycles. The van der Waals surface area contributed by atoms with Crippen LogP contribution in [0.15, 0.2) is 0 Å². The van der Waals surface area contributed by atoms with Crippen molar-refractivity contribution in [2.24, 2.45) is 5.92 Å². The van der Waals surface area contributed by atoms with E-state index in [1.165, 1.54) is 25.7 Å². The highest BCUT2D eigenvalue weighted by Crippen LogP contribution is 2.26. The molecule has 2 rings (SSSR count). The second kappa shape index (κ2) is 6.55. The van der Waals surface area contributed by atoms with E-state index in [0.717, 1.165) is 31.6 Å². The fourth-order valence-corrected chi connectivity index (χ4v) is 3.18. The van der Waals surface area contributed by atoms with Crippen molar-refractivity contribution in [1.29, 1.82) is 0 Å². The Bertz CT molecular complexity index is 266. The fraction of sp³-hybridized carbons (Fsp3) is 0.933. The molecule has 0 heterocycles. The van der Waals surface area contributed by atoms with Crippen LogP contribution in [0.2, 0.25) is 0 Å². The van der Waals surface area contributed by atoms with Crippen LogP contribution in [0, 0.1) is 5.92 Å². The lowest BCUT2D eigenvalue weighted by molar-refractivity contribution is -0.139. The number of hydrogen-bond donors (Lipinski definition) is 0. The average molecular weight is 253 g/mol. The molecule has 1 amide bonds. The summed E-state index contributed by atoms with van der Waals surface area (Å²) in [5.74, 6) is 1.00. The molecule has 104 valence electrons. The zero-order chi connectivity index (χ0) is 13.0. The molecule has 2 aliphatic rings. The molecular weight excluding hydrogens is 226 g/mol. The van der Waals surface area contributed by atoms with Gasteiger partial charge in [0.25, 0.3) is 0 Å². The van der Waals surface area contributed by atoms with E-state index in [9.17, 15) is 4.79 Å². The molecule has 3 heteroatoms. The fourth-order valence-electron chi connectivity index (χ4n) is 3.18. The summed E-state index contributed by atoms with van der Waals surface area (Å²) < 4.78 is 5.71. The van der Waals surface area contributed by atoms with E-state index in [-0.39, 0.29) is 12.5 Å². The average Bonchev–Trinajstić information content (AvgIpc) is 2.89. The van der Waals surface area contributed by atoms with Crippen molar-refractivity contribution in [2.45, 2.75) is 70.4 Å². The molecule has 0 radical (unpaired) electrons. The van der Waals surface area contributed by atoms with Gasteiger partial charge in [-0.25, -0.2) is 0 Å². The van der Waals surface area contributed by atoms with Gasteiger partial charge in [0.05, 0.1) is 6.10 Å². The maximum atomic E-state index is 12.1. The Morgan fingerprint density at radius 3 is 2.33 bits per heavy atom. The summed E-state index contributed by atoms with van der Waals surface area (Å²) in [6, 6.07) is 0.445. The molecule has 3 nitrogen and oxygen atoms in total. The lowest BCUT2D eigenvalue weighted by atomic mass is 9.87. The molecule has 2 saturated carbocycles. The molecule has 0 spiro atoms. The summed E-state index contributed by atoms with van der Waals surface area (Å²) in [4.78, 5) is 14.0. The molecule has 0 atom stereocenters. The van der Waals surface area contributed by atoms with E-state index in [4.69, 9.17) is 4.74 Å². The van der Waals surface area contributed by atoms with Crippen molar-refractivity contribution in [3.63, 3.8) is 0 Å². The van der Waals surface area contributed by atoms with E-state index in [1.54, 1.807) is 0 Å². The Balaban J connectivity index is 1.70.